The van der Waals surface area contributed by atoms with Crippen molar-refractivity contribution in [3.63, 3.8) is 0 Å². The molecule has 0 bridgehead atoms. The first-order chi connectivity index (χ1) is 8.13. The Labute approximate surface area is 103 Å². The average molecular weight is 258 g/mol. The monoisotopic (exact) mass is 258 g/mol. The van der Waals surface area contributed by atoms with Crippen LogP contribution in [0.4, 0.5) is 5.69 Å². The highest BCUT2D eigenvalue weighted by Crippen LogP contribution is 2.04. The van der Waals surface area contributed by atoms with Crippen molar-refractivity contribution in [1.29, 1.82) is 0 Å². The first-order valence-corrected chi connectivity index (χ1v) is 7.15. The molecule has 7 heteroatoms. The number of nitrogen functional groups attached to an aromatic ring is 1. The summed E-state index contributed by atoms with van der Waals surface area (Å²) in [6, 6.07) is 0. The Bertz CT molecular complexity index is 385. The van der Waals surface area contributed by atoms with E-state index in [1.165, 1.54) is 0 Å². The fraction of sp³-hybridized carbons (Fsp3) is 0.700. The van der Waals surface area contributed by atoms with Gasteiger partial charge in [0.2, 0.25) is 0 Å². The predicted octanol–water partition coefficient (Wildman–Crippen LogP) is -1.11. The number of rotatable bonds is 4. The van der Waals surface area contributed by atoms with Gasteiger partial charge >= 0.3 is 0 Å². The van der Waals surface area contributed by atoms with Gasteiger partial charge in [0.05, 0.1) is 24.5 Å². The van der Waals surface area contributed by atoms with Gasteiger partial charge in [-0.1, -0.05) is 0 Å². The van der Waals surface area contributed by atoms with Gasteiger partial charge in [-0.25, -0.2) is 0 Å². The zero-order valence-electron chi connectivity index (χ0n) is 9.66. The number of aliphatic hydroxyl groups excluding tert-OH is 1. The van der Waals surface area contributed by atoms with Crippen LogP contribution in [-0.2, 0) is 17.3 Å². The van der Waals surface area contributed by atoms with Crippen LogP contribution in [0.3, 0.4) is 0 Å². The summed E-state index contributed by atoms with van der Waals surface area (Å²) in [6.45, 7) is 2.63. The third-order valence-electron chi connectivity index (χ3n) is 2.79. The number of aromatic nitrogens is 2. The minimum absolute atomic E-state index is 0.441. The molecule has 1 atom stereocenters. The van der Waals surface area contributed by atoms with E-state index in [0.717, 1.165) is 13.1 Å². The number of nitrogens with two attached hydrogens (primary N) is 1. The van der Waals surface area contributed by atoms with Crippen molar-refractivity contribution in [1.82, 2.24) is 14.7 Å². The van der Waals surface area contributed by atoms with Crippen LogP contribution in [-0.4, -0.2) is 61.2 Å². The normalized spacial score (nSPS) is 20.5. The second-order valence-electron chi connectivity index (χ2n) is 4.30. The third kappa shape index (κ3) is 3.79. The van der Waals surface area contributed by atoms with Crippen LogP contribution in [0.15, 0.2) is 12.4 Å². The zero-order valence-corrected chi connectivity index (χ0v) is 10.5. The van der Waals surface area contributed by atoms with Crippen LogP contribution in [0.2, 0.25) is 0 Å². The number of hydrogen-bond donors (Lipinski definition) is 2. The molecule has 2 rings (SSSR count). The van der Waals surface area contributed by atoms with Crippen molar-refractivity contribution in [2.24, 2.45) is 0 Å². The molecule has 96 valence electrons. The molecule has 1 aliphatic rings. The summed E-state index contributed by atoms with van der Waals surface area (Å²) in [4.78, 5) is 2.14. The van der Waals surface area contributed by atoms with E-state index in [9.17, 15) is 9.32 Å². The predicted molar refractivity (Wildman–Crippen MR) is 67.0 cm³/mol. The van der Waals surface area contributed by atoms with Gasteiger partial charge in [0.25, 0.3) is 0 Å². The van der Waals surface area contributed by atoms with E-state index in [0.29, 0.717) is 30.3 Å². The zero-order chi connectivity index (χ0) is 12.3. The molecular formula is C10H18N4O2S. The van der Waals surface area contributed by atoms with E-state index in [1.807, 2.05) is 0 Å². The number of hydrogen-bond acceptors (Lipinski definition) is 5. The fourth-order valence-corrected chi connectivity index (χ4v) is 3.04. The fourth-order valence-electron chi connectivity index (χ4n) is 1.91. The lowest BCUT2D eigenvalue weighted by molar-refractivity contribution is 0.0992. The summed E-state index contributed by atoms with van der Waals surface area (Å²) >= 11 is 0. The maximum atomic E-state index is 11.2. The minimum Gasteiger partial charge on any atom is -0.396 e. The van der Waals surface area contributed by atoms with Gasteiger partial charge in [0.1, 0.15) is 0 Å². The highest BCUT2D eigenvalue weighted by atomic mass is 32.2. The molecule has 1 aliphatic heterocycles. The standard InChI is InChI=1S/C10H18N4O2S/c11-9-5-12-14(6-9)8-10(15)7-13-1-3-17(16)4-2-13/h5-6,10,15H,1-4,7-8,11H2. The molecular weight excluding hydrogens is 240 g/mol. The van der Waals surface area contributed by atoms with Gasteiger partial charge in [-0.2, -0.15) is 5.10 Å². The van der Waals surface area contributed by atoms with Gasteiger partial charge in [-0.15, -0.1) is 0 Å². The Morgan fingerprint density at radius 1 is 1.47 bits per heavy atom. The maximum absolute atomic E-state index is 11.2. The molecule has 0 radical (unpaired) electrons. The quantitative estimate of drug-likeness (QED) is 0.715. The molecule has 17 heavy (non-hydrogen) atoms. The van der Waals surface area contributed by atoms with Crippen molar-refractivity contribution in [2.75, 3.05) is 36.9 Å². The van der Waals surface area contributed by atoms with E-state index < -0.39 is 16.9 Å². The second kappa shape index (κ2) is 5.61. The van der Waals surface area contributed by atoms with E-state index in [1.54, 1.807) is 17.1 Å². The van der Waals surface area contributed by atoms with Gasteiger partial charge in [-0.3, -0.25) is 13.8 Å². The summed E-state index contributed by atoms with van der Waals surface area (Å²) in [5.41, 5.74) is 6.15. The molecule has 6 nitrogen and oxygen atoms in total. The molecule has 3 N–H and O–H groups in total. The topological polar surface area (TPSA) is 84.4 Å². The lowest BCUT2D eigenvalue weighted by Gasteiger charge is -2.28. The number of nitrogens with zero attached hydrogens (tertiary/aromatic N) is 3. The van der Waals surface area contributed by atoms with Crippen LogP contribution >= 0.6 is 0 Å². The molecule has 2 heterocycles. The largest absolute Gasteiger partial charge is 0.396 e. The number of anilines is 1. The second-order valence-corrected chi connectivity index (χ2v) is 5.99. The van der Waals surface area contributed by atoms with E-state index in [2.05, 4.69) is 10.00 Å². The first-order valence-electron chi connectivity index (χ1n) is 5.67. The molecule has 0 spiro atoms. The Hall–Kier alpha value is -0.920. The summed E-state index contributed by atoms with van der Waals surface area (Å²) in [5.74, 6) is 1.42. The summed E-state index contributed by atoms with van der Waals surface area (Å²) in [5, 5.41) is 13.9. The third-order valence-corrected chi connectivity index (χ3v) is 4.07. The Balaban J connectivity index is 1.77. The SMILES string of the molecule is Nc1cnn(CC(O)CN2CCS(=O)CC2)c1. The van der Waals surface area contributed by atoms with Gasteiger partial charge in [0.15, 0.2) is 0 Å². The van der Waals surface area contributed by atoms with Crippen molar-refractivity contribution in [3.05, 3.63) is 12.4 Å². The van der Waals surface area contributed by atoms with E-state index in [4.69, 9.17) is 5.73 Å². The molecule has 1 saturated heterocycles. The Morgan fingerprint density at radius 2 is 2.18 bits per heavy atom. The van der Waals surface area contributed by atoms with Gasteiger partial charge < -0.3 is 10.8 Å². The lowest BCUT2D eigenvalue weighted by atomic mass is 10.3. The first kappa shape index (κ1) is 12.5. The van der Waals surface area contributed by atoms with E-state index >= 15 is 0 Å². The molecule has 1 fully saturated rings. The summed E-state index contributed by atoms with van der Waals surface area (Å²) in [7, 11) is -0.668. The summed E-state index contributed by atoms with van der Waals surface area (Å²) in [6.07, 6.45) is 2.80. The smallest absolute Gasteiger partial charge is 0.0862 e. The number of β-amino-alcohol motifs (C(OH)–C–C–N with tert-alkyl or cyclic N) is 1. The van der Waals surface area contributed by atoms with Crippen LogP contribution in [0.25, 0.3) is 0 Å². The highest BCUT2D eigenvalue weighted by Gasteiger charge is 2.18. The Kier molecular flexibility index (Phi) is 4.14. The van der Waals surface area contributed by atoms with Gasteiger partial charge in [-0.05, 0) is 0 Å². The van der Waals surface area contributed by atoms with Crippen molar-refractivity contribution in [3.8, 4) is 0 Å². The highest BCUT2D eigenvalue weighted by molar-refractivity contribution is 7.85. The van der Waals surface area contributed by atoms with Crippen molar-refractivity contribution < 1.29 is 9.32 Å². The van der Waals surface area contributed by atoms with Gasteiger partial charge in [0, 0.05) is 48.1 Å². The van der Waals surface area contributed by atoms with Crippen LogP contribution in [0.5, 0.6) is 0 Å². The molecule has 0 saturated carbocycles. The molecule has 0 amide bonds. The van der Waals surface area contributed by atoms with Crippen molar-refractivity contribution in [2.45, 2.75) is 12.6 Å². The van der Waals surface area contributed by atoms with Crippen LogP contribution < -0.4 is 5.73 Å². The maximum Gasteiger partial charge on any atom is 0.0862 e. The lowest BCUT2D eigenvalue weighted by Crippen LogP contribution is -2.42. The minimum atomic E-state index is -0.668. The molecule has 1 unspecified atom stereocenters. The van der Waals surface area contributed by atoms with E-state index in [-0.39, 0.29) is 0 Å². The summed E-state index contributed by atoms with van der Waals surface area (Å²) < 4.78 is 12.8. The number of aliphatic hydroxyl groups is 1. The van der Waals surface area contributed by atoms with Crippen LogP contribution in [0.1, 0.15) is 0 Å². The molecule has 1 aromatic heterocycles. The van der Waals surface area contributed by atoms with Crippen molar-refractivity contribution >= 4 is 16.5 Å². The molecule has 1 aromatic rings. The van der Waals surface area contributed by atoms with Crippen LogP contribution in [0, 0.1) is 0 Å². The average Bonchev–Trinajstić information content (AvgIpc) is 2.67. The Morgan fingerprint density at radius 3 is 2.76 bits per heavy atom. The molecule has 0 aromatic carbocycles. The molecule has 0 aliphatic carbocycles.